The van der Waals surface area contributed by atoms with Crippen LogP contribution in [-0.2, 0) is 9.53 Å². The van der Waals surface area contributed by atoms with Crippen LogP contribution in [-0.4, -0.2) is 35.5 Å². The van der Waals surface area contributed by atoms with Gasteiger partial charge in [-0.2, -0.15) is 0 Å². The van der Waals surface area contributed by atoms with Gasteiger partial charge >= 0.3 is 5.97 Å². The van der Waals surface area contributed by atoms with E-state index in [9.17, 15) is 9.90 Å². The summed E-state index contributed by atoms with van der Waals surface area (Å²) in [6.07, 6.45) is 4.01. The number of carbonyl (C=O) groups is 1. The fraction of sp³-hybridized carbons (Fsp3) is 0.882. The molecular weight excluding hydrogens is 266 g/mol. The molecule has 0 saturated heterocycles. The van der Waals surface area contributed by atoms with Crippen LogP contribution in [0.1, 0.15) is 60.3 Å². The molecule has 2 unspecified atom stereocenters. The molecule has 2 saturated carbocycles. The Balaban J connectivity index is 2.13. The second kappa shape index (κ2) is 5.38. The summed E-state index contributed by atoms with van der Waals surface area (Å²) in [5.41, 5.74) is 0.814. The number of ether oxygens (including phenoxy) is 1. The van der Waals surface area contributed by atoms with Gasteiger partial charge in [-0.1, -0.05) is 13.8 Å². The number of rotatable bonds is 4. The molecule has 21 heavy (non-hydrogen) atoms. The first-order valence-corrected chi connectivity index (χ1v) is 7.99. The number of nitrogens with zero attached hydrogens (tertiary/aromatic N) is 1. The smallest absolute Gasteiger partial charge is 0.328 e. The molecule has 0 radical (unpaired) electrons. The van der Waals surface area contributed by atoms with Crippen LogP contribution in [0.25, 0.3) is 0 Å². The lowest BCUT2D eigenvalue weighted by atomic mass is 9.67. The minimum atomic E-state index is -0.464. The number of hydrogen-bond donors (Lipinski definition) is 1. The van der Waals surface area contributed by atoms with Crippen LogP contribution >= 0.6 is 0 Å². The number of aliphatic imine (C=N–C) groups is 1. The van der Waals surface area contributed by atoms with E-state index < -0.39 is 5.60 Å². The lowest BCUT2D eigenvalue weighted by molar-refractivity contribution is -0.152. The van der Waals surface area contributed by atoms with Crippen molar-refractivity contribution in [2.45, 2.75) is 65.9 Å². The van der Waals surface area contributed by atoms with Crippen LogP contribution in [0.15, 0.2) is 4.99 Å². The minimum absolute atomic E-state index is 0.0194. The number of aliphatic hydroxyl groups is 1. The van der Waals surface area contributed by atoms with E-state index in [2.05, 4.69) is 18.8 Å². The number of esters is 1. The van der Waals surface area contributed by atoms with Crippen molar-refractivity contribution in [3.63, 3.8) is 0 Å². The Kier molecular flexibility index (Phi) is 4.22. The molecule has 0 heterocycles. The quantitative estimate of drug-likeness (QED) is 0.811. The molecule has 4 heteroatoms. The summed E-state index contributed by atoms with van der Waals surface area (Å²) >= 11 is 0. The zero-order chi connectivity index (χ0) is 15.9. The monoisotopic (exact) mass is 295 g/mol. The zero-order valence-electron chi connectivity index (χ0n) is 14.0. The number of aliphatic hydroxyl groups excluding tert-OH is 1. The van der Waals surface area contributed by atoms with Gasteiger partial charge in [0.1, 0.15) is 12.1 Å². The summed E-state index contributed by atoms with van der Waals surface area (Å²) in [6.45, 7) is 10.5. The second-order valence-corrected chi connectivity index (χ2v) is 8.07. The maximum Gasteiger partial charge on any atom is 0.328 e. The average molecular weight is 295 g/mol. The topological polar surface area (TPSA) is 58.9 Å². The molecule has 2 aliphatic rings. The van der Waals surface area contributed by atoms with Crippen molar-refractivity contribution in [3.8, 4) is 0 Å². The van der Waals surface area contributed by atoms with Crippen molar-refractivity contribution in [1.82, 2.24) is 0 Å². The van der Waals surface area contributed by atoms with Crippen molar-refractivity contribution in [1.29, 1.82) is 0 Å². The highest BCUT2D eigenvalue weighted by molar-refractivity contribution is 5.95. The molecule has 4 nitrogen and oxygen atoms in total. The van der Waals surface area contributed by atoms with Gasteiger partial charge in [0.2, 0.25) is 0 Å². The first kappa shape index (κ1) is 16.5. The Morgan fingerprint density at radius 3 is 2.62 bits per heavy atom. The summed E-state index contributed by atoms with van der Waals surface area (Å²) in [4.78, 5) is 16.5. The van der Waals surface area contributed by atoms with E-state index in [0.717, 1.165) is 25.0 Å². The standard InChI is InChI=1S/C17H29NO3/c1-15(2,3)21-14(20)11-18-13-10-12-6-7-17(13,8-9-19)16(12,4)5/h12,19H,6-11H2,1-5H3. The van der Waals surface area contributed by atoms with Crippen molar-refractivity contribution in [2.24, 2.45) is 21.7 Å². The third kappa shape index (κ3) is 2.87. The maximum absolute atomic E-state index is 11.9. The highest BCUT2D eigenvalue weighted by Crippen LogP contribution is 2.65. The third-order valence-electron chi connectivity index (χ3n) is 5.52. The van der Waals surface area contributed by atoms with Gasteiger partial charge in [0.25, 0.3) is 0 Å². The number of hydrogen-bond acceptors (Lipinski definition) is 4. The normalized spacial score (nSPS) is 32.7. The van der Waals surface area contributed by atoms with E-state index in [-0.39, 0.29) is 30.0 Å². The summed E-state index contributed by atoms with van der Waals surface area (Å²) in [5.74, 6) is 0.358. The van der Waals surface area contributed by atoms with Gasteiger partial charge < -0.3 is 9.84 Å². The van der Waals surface area contributed by atoms with Gasteiger partial charge in [0, 0.05) is 17.7 Å². The van der Waals surface area contributed by atoms with Gasteiger partial charge in [0.05, 0.1) is 0 Å². The van der Waals surface area contributed by atoms with Crippen LogP contribution in [0.5, 0.6) is 0 Å². The van der Waals surface area contributed by atoms with Crippen LogP contribution in [0.3, 0.4) is 0 Å². The van der Waals surface area contributed by atoms with Gasteiger partial charge in [0.15, 0.2) is 0 Å². The van der Waals surface area contributed by atoms with Crippen molar-refractivity contribution >= 4 is 11.7 Å². The van der Waals surface area contributed by atoms with E-state index in [4.69, 9.17) is 4.74 Å². The van der Waals surface area contributed by atoms with Crippen molar-refractivity contribution in [3.05, 3.63) is 0 Å². The summed E-state index contributed by atoms with van der Waals surface area (Å²) in [7, 11) is 0. The highest BCUT2D eigenvalue weighted by atomic mass is 16.6. The molecule has 2 fully saturated rings. The van der Waals surface area contributed by atoms with Crippen LogP contribution in [0.2, 0.25) is 0 Å². The first-order valence-electron chi connectivity index (χ1n) is 7.99. The molecule has 120 valence electrons. The number of carbonyl (C=O) groups excluding carboxylic acids is 1. The Labute approximate surface area is 128 Å². The molecule has 0 aromatic heterocycles. The van der Waals surface area contributed by atoms with E-state index in [1.807, 2.05) is 20.8 Å². The molecule has 0 spiro atoms. The van der Waals surface area contributed by atoms with Crippen molar-refractivity contribution in [2.75, 3.05) is 13.2 Å². The summed E-state index contributed by atoms with van der Waals surface area (Å²) in [6, 6.07) is 0. The second-order valence-electron chi connectivity index (χ2n) is 8.07. The molecule has 2 aliphatic carbocycles. The van der Waals surface area contributed by atoms with Crippen LogP contribution in [0.4, 0.5) is 0 Å². The first-order chi connectivity index (χ1) is 9.62. The summed E-state index contributed by atoms with van der Waals surface area (Å²) in [5, 5.41) is 9.48. The molecule has 0 aromatic carbocycles. The predicted octanol–water partition coefficient (Wildman–Crippen LogP) is 2.98. The maximum atomic E-state index is 11.9. The molecule has 0 amide bonds. The van der Waals surface area contributed by atoms with E-state index in [0.29, 0.717) is 5.92 Å². The van der Waals surface area contributed by atoms with E-state index in [1.165, 1.54) is 6.42 Å². The van der Waals surface area contributed by atoms with Gasteiger partial charge in [-0.25, -0.2) is 0 Å². The summed E-state index contributed by atoms with van der Waals surface area (Å²) < 4.78 is 5.33. The molecule has 2 rings (SSSR count). The van der Waals surface area contributed by atoms with Crippen molar-refractivity contribution < 1.29 is 14.6 Å². The fourth-order valence-corrected chi connectivity index (χ4v) is 4.33. The Morgan fingerprint density at radius 1 is 1.43 bits per heavy atom. The Morgan fingerprint density at radius 2 is 2.10 bits per heavy atom. The van der Waals surface area contributed by atoms with Gasteiger partial charge in [-0.15, -0.1) is 0 Å². The van der Waals surface area contributed by atoms with E-state index >= 15 is 0 Å². The molecular formula is C17H29NO3. The fourth-order valence-electron chi connectivity index (χ4n) is 4.33. The Bertz CT molecular complexity index is 447. The highest BCUT2D eigenvalue weighted by Gasteiger charge is 2.61. The predicted molar refractivity (Wildman–Crippen MR) is 83.4 cm³/mol. The number of fused-ring (bicyclic) bond motifs is 2. The molecule has 2 atom stereocenters. The molecule has 1 N–H and O–H groups in total. The zero-order valence-corrected chi connectivity index (χ0v) is 14.0. The van der Waals surface area contributed by atoms with Gasteiger partial charge in [-0.3, -0.25) is 9.79 Å². The van der Waals surface area contributed by atoms with E-state index in [1.54, 1.807) is 0 Å². The average Bonchev–Trinajstić information content (AvgIpc) is 2.69. The molecule has 0 aliphatic heterocycles. The molecule has 0 aromatic rings. The SMILES string of the molecule is CC(C)(C)OC(=O)CN=C1CC2CCC1(CCO)C2(C)C. The Hall–Kier alpha value is -0.900. The lowest BCUT2D eigenvalue weighted by Gasteiger charge is -2.38. The minimum Gasteiger partial charge on any atom is -0.459 e. The van der Waals surface area contributed by atoms with Crippen LogP contribution < -0.4 is 0 Å². The third-order valence-corrected chi connectivity index (χ3v) is 5.52. The largest absolute Gasteiger partial charge is 0.459 e. The van der Waals surface area contributed by atoms with Crippen LogP contribution in [0, 0.1) is 16.7 Å². The lowest BCUT2D eigenvalue weighted by Crippen LogP contribution is -2.37. The van der Waals surface area contributed by atoms with Gasteiger partial charge in [-0.05, 0) is 57.8 Å². The molecule has 2 bridgehead atoms.